The predicted octanol–water partition coefficient (Wildman–Crippen LogP) is 4.66. The molecule has 0 saturated carbocycles. The van der Waals surface area contributed by atoms with Crippen LogP contribution in [0, 0.1) is 6.92 Å². The molecule has 2 heteroatoms. The highest BCUT2D eigenvalue weighted by Crippen LogP contribution is 2.26. The summed E-state index contributed by atoms with van der Waals surface area (Å²) in [4.78, 5) is 4.75. The first-order valence-electron chi connectivity index (χ1n) is 7.41. The first-order chi connectivity index (χ1) is 10.8. The minimum absolute atomic E-state index is 0.862. The third-order valence-corrected chi connectivity index (χ3v) is 3.72. The largest absolute Gasteiger partial charge is 0.497 e. The molecular formula is C20H19NO. The Morgan fingerprint density at radius 1 is 0.864 bits per heavy atom. The van der Waals surface area contributed by atoms with Gasteiger partial charge >= 0.3 is 0 Å². The van der Waals surface area contributed by atoms with Crippen LogP contribution in [0.25, 0.3) is 11.3 Å². The van der Waals surface area contributed by atoms with Gasteiger partial charge in [0.1, 0.15) is 5.75 Å². The van der Waals surface area contributed by atoms with Gasteiger partial charge in [0.15, 0.2) is 0 Å². The summed E-state index contributed by atoms with van der Waals surface area (Å²) in [5, 5.41) is 0. The zero-order valence-corrected chi connectivity index (χ0v) is 12.9. The van der Waals surface area contributed by atoms with Gasteiger partial charge in [-0.1, -0.05) is 36.4 Å². The number of hydrogen-bond donors (Lipinski definition) is 0. The zero-order valence-electron chi connectivity index (χ0n) is 12.9. The molecule has 0 spiro atoms. The van der Waals surface area contributed by atoms with Gasteiger partial charge in [-0.25, -0.2) is 0 Å². The number of methoxy groups -OCH3 is 1. The summed E-state index contributed by atoms with van der Waals surface area (Å²) in [5.74, 6) is 0.862. The van der Waals surface area contributed by atoms with E-state index in [1.165, 1.54) is 11.1 Å². The lowest BCUT2D eigenvalue weighted by molar-refractivity contribution is 0.415. The van der Waals surface area contributed by atoms with E-state index in [2.05, 4.69) is 48.5 Å². The molecule has 2 aromatic carbocycles. The minimum Gasteiger partial charge on any atom is -0.497 e. The van der Waals surface area contributed by atoms with Crippen LogP contribution >= 0.6 is 0 Å². The first-order valence-corrected chi connectivity index (χ1v) is 7.41. The van der Waals surface area contributed by atoms with E-state index in [0.29, 0.717) is 0 Å². The van der Waals surface area contributed by atoms with E-state index in [0.717, 1.165) is 29.1 Å². The van der Waals surface area contributed by atoms with Crippen LogP contribution in [-0.2, 0) is 6.42 Å². The number of hydrogen-bond acceptors (Lipinski definition) is 2. The smallest absolute Gasteiger partial charge is 0.118 e. The van der Waals surface area contributed by atoms with Crippen molar-refractivity contribution in [2.24, 2.45) is 0 Å². The number of nitrogens with zero attached hydrogens (tertiary/aromatic N) is 1. The maximum absolute atomic E-state index is 5.23. The van der Waals surface area contributed by atoms with Crippen molar-refractivity contribution < 1.29 is 4.74 Å². The van der Waals surface area contributed by atoms with Crippen molar-refractivity contribution in [3.05, 3.63) is 83.6 Å². The third-order valence-electron chi connectivity index (χ3n) is 3.72. The molecule has 0 aliphatic heterocycles. The number of aromatic nitrogens is 1. The van der Waals surface area contributed by atoms with E-state index in [-0.39, 0.29) is 0 Å². The lowest BCUT2D eigenvalue weighted by Gasteiger charge is -2.11. The summed E-state index contributed by atoms with van der Waals surface area (Å²) in [7, 11) is 1.68. The maximum Gasteiger partial charge on any atom is 0.118 e. The molecule has 22 heavy (non-hydrogen) atoms. The van der Waals surface area contributed by atoms with Crippen LogP contribution in [0.4, 0.5) is 0 Å². The highest BCUT2D eigenvalue weighted by molar-refractivity contribution is 5.64. The molecule has 0 atom stereocenters. The van der Waals surface area contributed by atoms with Crippen LogP contribution in [0.15, 0.2) is 66.7 Å². The standard InChI is InChI=1S/C20H19NO/c1-15-8-9-18(14-16-6-4-3-5-7-16)20(21-15)17-10-12-19(22-2)13-11-17/h3-13H,14H2,1-2H3. The fourth-order valence-electron chi connectivity index (χ4n) is 2.54. The summed E-state index contributed by atoms with van der Waals surface area (Å²) >= 11 is 0. The lowest BCUT2D eigenvalue weighted by atomic mass is 9.99. The normalized spacial score (nSPS) is 10.5. The van der Waals surface area contributed by atoms with Crippen molar-refractivity contribution in [1.29, 1.82) is 0 Å². The fraction of sp³-hybridized carbons (Fsp3) is 0.150. The van der Waals surface area contributed by atoms with Gasteiger partial charge in [-0.05, 0) is 54.8 Å². The number of aryl methyl sites for hydroxylation is 1. The molecule has 0 aliphatic rings. The Morgan fingerprint density at radius 3 is 2.27 bits per heavy atom. The molecule has 0 unspecified atom stereocenters. The SMILES string of the molecule is COc1ccc(-c2nc(C)ccc2Cc2ccccc2)cc1. The van der Waals surface area contributed by atoms with E-state index >= 15 is 0 Å². The molecule has 0 saturated heterocycles. The molecule has 0 amide bonds. The first kappa shape index (κ1) is 14.3. The average Bonchev–Trinajstić information content (AvgIpc) is 2.57. The van der Waals surface area contributed by atoms with Crippen LogP contribution in [-0.4, -0.2) is 12.1 Å². The maximum atomic E-state index is 5.23. The molecule has 0 fully saturated rings. The van der Waals surface area contributed by atoms with Gasteiger partial charge in [0.2, 0.25) is 0 Å². The predicted molar refractivity (Wildman–Crippen MR) is 90.2 cm³/mol. The molecule has 0 radical (unpaired) electrons. The molecule has 2 nitrogen and oxygen atoms in total. The topological polar surface area (TPSA) is 22.1 Å². The Kier molecular flexibility index (Phi) is 4.19. The lowest BCUT2D eigenvalue weighted by Crippen LogP contribution is -1.97. The van der Waals surface area contributed by atoms with Crippen LogP contribution in [0.3, 0.4) is 0 Å². The average molecular weight is 289 g/mol. The summed E-state index contributed by atoms with van der Waals surface area (Å²) in [6.45, 7) is 2.03. The Labute approximate surface area is 131 Å². The van der Waals surface area contributed by atoms with Crippen molar-refractivity contribution >= 4 is 0 Å². The summed E-state index contributed by atoms with van der Waals surface area (Å²) in [6.07, 6.45) is 0.884. The van der Waals surface area contributed by atoms with Crippen LogP contribution in [0.5, 0.6) is 5.75 Å². The monoisotopic (exact) mass is 289 g/mol. The number of rotatable bonds is 4. The second-order valence-corrected chi connectivity index (χ2v) is 5.35. The molecular weight excluding hydrogens is 270 g/mol. The van der Waals surface area contributed by atoms with Crippen molar-refractivity contribution in [3.8, 4) is 17.0 Å². The van der Waals surface area contributed by atoms with Gasteiger partial charge in [-0.15, -0.1) is 0 Å². The number of benzene rings is 2. The highest BCUT2D eigenvalue weighted by atomic mass is 16.5. The Bertz CT molecular complexity index is 748. The molecule has 1 aromatic heterocycles. The van der Waals surface area contributed by atoms with Gasteiger partial charge in [-0.2, -0.15) is 0 Å². The van der Waals surface area contributed by atoms with Crippen molar-refractivity contribution in [1.82, 2.24) is 4.98 Å². The molecule has 0 N–H and O–H groups in total. The minimum atomic E-state index is 0.862. The Balaban J connectivity index is 2.00. The number of ether oxygens (including phenoxy) is 1. The molecule has 3 rings (SSSR count). The van der Waals surface area contributed by atoms with E-state index in [1.807, 2.05) is 25.1 Å². The van der Waals surface area contributed by atoms with E-state index in [4.69, 9.17) is 9.72 Å². The molecule has 3 aromatic rings. The highest BCUT2D eigenvalue weighted by Gasteiger charge is 2.08. The van der Waals surface area contributed by atoms with E-state index < -0.39 is 0 Å². The Morgan fingerprint density at radius 2 is 1.59 bits per heavy atom. The van der Waals surface area contributed by atoms with Crippen molar-refractivity contribution in [3.63, 3.8) is 0 Å². The summed E-state index contributed by atoms with van der Waals surface area (Å²) < 4.78 is 5.23. The van der Waals surface area contributed by atoms with Crippen LogP contribution in [0.2, 0.25) is 0 Å². The quantitative estimate of drug-likeness (QED) is 0.697. The Hall–Kier alpha value is -2.61. The van der Waals surface area contributed by atoms with E-state index in [9.17, 15) is 0 Å². The molecule has 0 aliphatic carbocycles. The number of pyridine rings is 1. The van der Waals surface area contributed by atoms with Gasteiger partial charge in [0.05, 0.1) is 12.8 Å². The molecule has 110 valence electrons. The molecule has 1 heterocycles. The van der Waals surface area contributed by atoms with Gasteiger partial charge < -0.3 is 4.74 Å². The van der Waals surface area contributed by atoms with Gasteiger partial charge in [0.25, 0.3) is 0 Å². The summed E-state index contributed by atoms with van der Waals surface area (Å²) in [5.41, 5.74) is 5.73. The third kappa shape index (κ3) is 3.17. The van der Waals surface area contributed by atoms with Crippen molar-refractivity contribution in [2.45, 2.75) is 13.3 Å². The van der Waals surface area contributed by atoms with Crippen LogP contribution in [0.1, 0.15) is 16.8 Å². The molecule has 0 bridgehead atoms. The van der Waals surface area contributed by atoms with E-state index in [1.54, 1.807) is 7.11 Å². The van der Waals surface area contributed by atoms with Crippen molar-refractivity contribution in [2.75, 3.05) is 7.11 Å². The fourth-order valence-corrected chi connectivity index (χ4v) is 2.54. The second kappa shape index (κ2) is 6.44. The summed E-state index contributed by atoms with van der Waals surface area (Å²) in [6, 6.07) is 22.8. The van der Waals surface area contributed by atoms with Gasteiger partial charge in [-0.3, -0.25) is 4.98 Å². The van der Waals surface area contributed by atoms with Crippen LogP contribution < -0.4 is 4.74 Å². The van der Waals surface area contributed by atoms with Gasteiger partial charge in [0, 0.05) is 11.3 Å². The second-order valence-electron chi connectivity index (χ2n) is 5.35. The zero-order chi connectivity index (χ0) is 15.4.